The number of hydrogen-bond acceptors (Lipinski definition) is 2. The zero-order chi connectivity index (χ0) is 38.9. The summed E-state index contributed by atoms with van der Waals surface area (Å²) in [6.45, 7) is 0. The van der Waals surface area contributed by atoms with Crippen LogP contribution in [0.15, 0.2) is 254 Å². The van der Waals surface area contributed by atoms with Crippen LogP contribution in [0.1, 0.15) is 18.4 Å². The van der Waals surface area contributed by atoms with E-state index in [0.29, 0.717) is 0 Å². The molecule has 7 aromatic carbocycles. The molecule has 0 saturated carbocycles. The molecule has 0 aliphatic heterocycles. The van der Waals surface area contributed by atoms with Crippen LogP contribution in [0.2, 0.25) is 0 Å². The van der Waals surface area contributed by atoms with Crippen LogP contribution < -0.4 is 9.80 Å². The standard InChI is InChI=1S/C56H44N2/c1-2-11-25-51(24-10-1)57(55-29-15-22-49(41-55)43-17-6-3-7-18-43)53-28-14-21-45(35-38-53)46-31-33-47(34-32-46)48-36-39-54(40-37-48)58(52-26-12-5-13-27-52)56-30-16-23-50(42-56)44-19-8-4-9-20-44/h1-24,26-27,29-42H,25,28H2. The minimum absolute atomic E-state index is 0.821. The lowest BCUT2D eigenvalue weighted by Crippen LogP contribution is -2.21. The molecule has 278 valence electrons. The summed E-state index contributed by atoms with van der Waals surface area (Å²) in [6.07, 6.45) is 21.6. The summed E-state index contributed by atoms with van der Waals surface area (Å²) < 4.78 is 0. The van der Waals surface area contributed by atoms with Gasteiger partial charge in [-0.1, -0.05) is 182 Å². The Hall–Kier alpha value is -7.42. The molecule has 2 heteroatoms. The van der Waals surface area contributed by atoms with Crippen LogP contribution in [0, 0.1) is 0 Å². The minimum Gasteiger partial charge on any atom is -0.317 e. The lowest BCUT2D eigenvalue weighted by molar-refractivity contribution is 0.976. The monoisotopic (exact) mass is 744 g/mol. The van der Waals surface area contributed by atoms with Crippen molar-refractivity contribution in [2.24, 2.45) is 0 Å². The minimum atomic E-state index is 0.821. The summed E-state index contributed by atoms with van der Waals surface area (Å²) in [6, 6.07) is 67.3. The number of benzene rings is 7. The van der Waals surface area contributed by atoms with Crippen molar-refractivity contribution in [3.8, 4) is 33.4 Å². The first-order valence-corrected chi connectivity index (χ1v) is 20.0. The average molecular weight is 745 g/mol. The first-order chi connectivity index (χ1) is 28.8. The van der Waals surface area contributed by atoms with E-state index in [4.69, 9.17) is 0 Å². The molecular weight excluding hydrogens is 701 g/mol. The van der Waals surface area contributed by atoms with Crippen molar-refractivity contribution in [3.63, 3.8) is 0 Å². The van der Waals surface area contributed by atoms with E-state index in [0.717, 1.165) is 35.6 Å². The second-order valence-corrected chi connectivity index (χ2v) is 14.5. The van der Waals surface area contributed by atoms with Crippen LogP contribution >= 0.6 is 0 Å². The molecule has 2 nitrogen and oxygen atoms in total. The third-order valence-electron chi connectivity index (χ3n) is 10.7. The Kier molecular flexibility index (Phi) is 10.7. The van der Waals surface area contributed by atoms with Crippen molar-refractivity contribution in [2.45, 2.75) is 12.8 Å². The van der Waals surface area contributed by atoms with Gasteiger partial charge in [-0.3, -0.25) is 0 Å². The van der Waals surface area contributed by atoms with Crippen molar-refractivity contribution < 1.29 is 0 Å². The lowest BCUT2D eigenvalue weighted by atomic mass is 9.99. The predicted molar refractivity (Wildman–Crippen MR) is 247 cm³/mol. The summed E-state index contributed by atoms with van der Waals surface area (Å²) in [5, 5.41) is 0. The van der Waals surface area contributed by atoms with Gasteiger partial charge < -0.3 is 9.80 Å². The maximum Gasteiger partial charge on any atom is 0.0467 e. The highest BCUT2D eigenvalue weighted by atomic mass is 15.2. The van der Waals surface area contributed by atoms with E-state index in [1.165, 1.54) is 55.9 Å². The Bertz CT molecular complexity index is 2680. The zero-order valence-corrected chi connectivity index (χ0v) is 32.4. The predicted octanol–water partition coefficient (Wildman–Crippen LogP) is 15.3. The first kappa shape index (κ1) is 36.2. The van der Waals surface area contributed by atoms with Crippen LogP contribution in [0.4, 0.5) is 22.7 Å². The molecule has 0 atom stereocenters. The van der Waals surface area contributed by atoms with Gasteiger partial charge in [-0.05, 0) is 105 Å². The Labute approximate surface area is 342 Å². The van der Waals surface area contributed by atoms with Gasteiger partial charge in [0.1, 0.15) is 0 Å². The second kappa shape index (κ2) is 17.2. The fourth-order valence-corrected chi connectivity index (χ4v) is 7.82. The summed E-state index contributed by atoms with van der Waals surface area (Å²) in [7, 11) is 0. The molecule has 0 unspecified atom stereocenters. The van der Waals surface area contributed by atoms with E-state index in [-0.39, 0.29) is 0 Å². The second-order valence-electron chi connectivity index (χ2n) is 14.5. The lowest BCUT2D eigenvalue weighted by Gasteiger charge is -2.29. The third kappa shape index (κ3) is 8.09. The molecule has 2 aliphatic rings. The molecule has 0 saturated heterocycles. The topological polar surface area (TPSA) is 6.48 Å². The Balaban J connectivity index is 0.981. The molecule has 2 aliphatic carbocycles. The number of nitrogens with zero attached hydrogens (tertiary/aromatic N) is 2. The maximum absolute atomic E-state index is 2.43. The molecule has 0 spiro atoms. The van der Waals surface area contributed by atoms with E-state index in [1.807, 2.05) is 0 Å². The fraction of sp³-hybridized carbons (Fsp3) is 0.0357. The smallest absolute Gasteiger partial charge is 0.0467 e. The van der Waals surface area contributed by atoms with Gasteiger partial charge in [0.15, 0.2) is 0 Å². The van der Waals surface area contributed by atoms with Crippen LogP contribution in [0.3, 0.4) is 0 Å². The molecule has 0 aromatic heterocycles. The molecular formula is C56H44N2. The van der Waals surface area contributed by atoms with Gasteiger partial charge in [0, 0.05) is 47.0 Å². The van der Waals surface area contributed by atoms with E-state index < -0.39 is 0 Å². The van der Waals surface area contributed by atoms with Crippen molar-refractivity contribution >= 4 is 28.3 Å². The largest absolute Gasteiger partial charge is 0.317 e. The van der Waals surface area contributed by atoms with Crippen LogP contribution in [0.25, 0.3) is 39.0 Å². The van der Waals surface area contributed by atoms with Gasteiger partial charge in [0.05, 0.1) is 0 Å². The van der Waals surface area contributed by atoms with E-state index >= 15 is 0 Å². The molecule has 0 bridgehead atoms. The van der Waals surface area contributed by atoms with Gasteiger partial charge in [-0.15, -0.1) is 0 Å². The number of hydrogen-bond donors (Lipinski definition) is 0. The molecule has 58 heavy (non-hydrogen) atoms. The highest BCUT2D eigenvalue weighted by Crippen LogP contribution is 2.38. The number of anilines is 4. The molecule has 0 fully saturated rings. The molecule has 0 N–H and O–H groups in total. The van der Waals surface area contributed by atoms with Crippen molar-refractivity contribution in [1.82, 2.24) is 0 Å². The summed E-state index contributed by atoms with van der Waals surface area (Å²) in [5.74, 6) is 0. The van der Waals surface area contributed by atoms with Gasteiger partial charge in [0.25, 0.3) is 0 Å². The van der Waals surface area contributed by atoms with Crippen LogP contribution in [0.5, 0.6) is 0 Å². The van der Waals surface area contributed by atoms with Crippen molar-refractivity contribution in [3.05, 3.63) is 260 Å². The SMILES string of the molecule is C1=CC=C(N(C2=CC=C(c3ccc(-c4ccc(N(c5ccccc5)c5cccc(-c6ccccc6)c5)cc4)cc3)C=CC2)c2cccc(-c3ccccc3)c2)CC=C1. The molecule has 9 rings (SSSR count). The molecule has 0 heterocycles. The normalized spacial score (nSPS) is 13.5. The third-order valence-corrected chi connectivity index (χ3v) is 10.7. The van der Waals surface area contributed by atoms with E-state index in [2.05, 4.69) is 253 Å². The van der Waals surface area contributed by atoms with Crippen molar-refractivity contribution in [1.29, 1.82) is 0 Å². The molecule has 0 amide bonds. The van der Waals surface area contributed by atoms with Crippen LogP contribution in [-0.4, -0.2) is 0 Å². The summed E-state index contributed by atoms with van der Waals surface area (Å²) in [5.41, 5.74) is 16.6. The molecule has 0 radical (unpaired) electrons. The van der Waals surface area contributed by atoms with Crippen molar-refractivity contribution in [2.75, 3.05) is 9.80 Å². The Morgan fingerprint density at radius 1 is 0.293 bits per heavy atom. The van der Waals surface area contributed by atoms with Gasteiger partial charge in [0.2, 0.25) is 0 Å². The number of rotatable bonds is 10. The first-order valence-electron chi connectivity index (χ1n) is 20.0. The average Bonchev–Trinajstić information content (AvgIpc) is 3.72. The Morgan fingerprint density at radius 3 is 1.40 bits per heavy atom. The maximum atomic E-state index is 2.43. The zero-order valence-electron chi connectivity index (χ0n) is 32.4. The highest BCUT2D eigenvalue weighted by molar-refractivity contribution is 5.82. The van der Waals surface area contributed by atoms with Gasteiger partial charge >= 0.3 is 0 Å². The number of para-hydroxylation sites is 1. The van der Waals surface area contributed by atoms with Gasteiger partial charge in [-0.2, -0.15) is 0 Å². The Morgan fingerprint density at radius 2 is 0.759 bits per heavy atom. The highest BCUT2D eigenvalue weighted by Gasteiger charge is 2.18. The quantitative estimate of drug-likeness (QED) is 0.138. The fourth-order valence-electron chi connectivity index (χ4n) is 7.82. The van der Waals surface area contributed by atoms with Crippen LogP contribution in [-0.2, 0) is 0 Å². The van der Waals surface area contributed by atoms with E-state index in [9.17, 15) is 0 Å². The van der Waals surface area contributed by atoms with Gasteiger partial charge in [-0.25, -0.2) is 0 Å². The van der Waals surface area contributed by atoms with E-state index in [1.54, 1.807) is 0 Å². The number of allylic oxidation sites excluding steroid dienone is 10. The molecule has 7 aromatic rings. The summed E-state index contributed by atoms with van der Waals surface area (Å²) in [4.78, 5) is 4.76. The summed E-state index contributed by atoms with van der Waals surface area (Å²) >= 11 is 0.